The van der Waals surface area contributed by atoms with E-state index in [-0.39, 0.29) is 11.9 Å². The lowest BCUT2D eigenvalue weighted by atomic mass is 10.1. The SMILES string of the molecule is CCNC(=O)c1ccc(NC(C)c2c(C)noc2C)nc1. The van der Waals surface area contributed by atoms with Crippen LogP contribution in [0.3, 0.4) is 0 Å². The number of rotatable bonds is 5. The summed E-state index contributed by atoms with van der Waals surface area (Å²) < 4.78 is 5.17. The van der Waals surface area contributed by atoms with Gasteiger partial charge in [0.2, 0.25) is 0 Å². The van der Waals surface area contributed by atoms with Crippen LogP contribution < -0.4 is 10.6 Å². The summed E-state index contributed by atoms with van der Waals surface area (Å²) in [5.41, 5.74) is 2.45. The molecule has 0 bridgehead atoms. The summed E-state index contributed by atoms with van der Waals surface area (Å²) in [7, 11) is 0. The number of pyridine rings is 1. The van der Waals surface area contributed by atoms with Crippen LogP contribution in [0.25, 0.3) is 0 Å². The second-order valence-electron chi connectivity index (χ2n) is 4.90. The highest BCUT2D eigenvalue weighted by Crippen LogP contribution is 2.24. The van der Waals surface area contributed by atoms with E-state index < -0.39 is 0 Å². The maximum absolute atomic E-state index is 11.7. The zero-order valence-corrected chi connectivity index (χ0v) is 12.7. The molecule has 112 valence electrons. The summed E-state index contributed by atoms with van der Waals surface area (Å²) in [4.78, 5) is 15.9. The molecule has 0 saturated heterocycles. The van der Waals surface area contributed by atoms with Gasteiger partial charge in [0, 0.05) is 18.3 Å². The molecular weight excluding hydrogens is 268 g/mol. The smallest absolute Gasteiger partial charge is 0.252 e. The standard InChI is InChI=1S/C15H20N4O2/c1-5-16-15(20)12-6-7-13(17-8-12)18-9(2)14-10(3)19-21-11(14)4/h6-9H,5H2,1-4H3,(H,16,20)(H,17,18). The van der Waals surface area contributed by atoms with Gasteiger partial charge in [-0.25, -0.2) is 4.98 Å². The Kier molecular flexibility index (Phi) is 4.57. The number of amides is 1. The fraction of sp³-hybridized carbons (Fsp3) is 0.400. The first kappa shape index (κ1) is 15.0. The summed E-state index contributed by atoms with van der Waals surface area (Å²) in [6, 6.07) is 3.57. The van der Waals surface area contributed by atoms with E-state index in [9.17, 15) is 4.79 Å². The molecule has 6 nitrogen and oxygen atoms in total. The van der Waals surface area contributed by atoms with Gasteiger partial charge in [0.1, 0.15) is 11.6 Å². The van der Waals surface area contributed by atoms with E-state index >= 15 is 0 Å². The van der Waals surface area contributed by atoms with Crippen LogP contribution in [0.4, 0.5) is 5.82 Å². The average molecular weight is 288 g/mol. The van der Waals surface area contributed by atoms with Gasteiger partial charge in [-0.3, -0.25) is 4.79 Å². The van der Waals surface area contributed by atoms with Crippen molar-refractivity contribution in [1.29, 1.82) is 0 Å². The monoisotopic (exact) mass is 288 g/mol. The number of hydrogen-bond acceptors (Lipinski definition) is 5. The minimum absolute atomic E-state index is 0.0269. The topological polar surface area (TPSA) is 80.0 Å². The lowest BCUT2D eigenvalue weighted by Gasteiger charge is -2.14. The predicted octanol–water partition coefficient (Wildman–Crippen LogP) is 2.61. The van der Waals surface area contributed by atoms with Gasteiger partial charge < -0.3 is 15.2 Å². The maximum atomic E-state index is 11.7. The summed E-state index contributed by atoms with van der Waals surface area (Å²) in [6.07, 6.45) is 1.56. The molecule has 0 spiro atoms. The molecule has 0 aliphatic carbocycles. The third kappa shape index (κ3) is 3.39. The van der Waals surface area contributed by atoms with Gasteiger partial charge >= 0.3 is 0 Å². The molecule has 0 aromatic carbocycles. The summed E-state index contributed by atoms with van der Waals surface area (Å²) in [5.74, 6) is 1.39. The van der Waals surface area contributed by atoms with E-state index in [0.717, 1.165) is 17.0 Å². The zero-order valence-electron chi connectivity index (χ0n) is 12.7. The van der Waals surface area contributed by atoms with Crippen molar-refractivity contribution >= 4 is 11.7 Å². The first-order valence-corrected chi connectivity index (χ1v) is 6.96. The number of aryl methyl sites for hydroxylation is 2. The Labute approximate surface area is 123 Å². The van der Waals surface area contributed by atoms with Crippen LogP contribution >= 0.6 is 0 Å². The van der Waals surface area contributed by atoms with Gasteiger partial charge in [0.25, 0.3) is 5.91 Å². The number of nitrogens with zero attached hydrogens (tertiary/aromatic N) is 2. The Bertz CT molecular complexity index is 600. The second-order valence-corrected chi connectivity index (χ2v) is 4.90. The molecule has 1 amide bonds. The van der Waals surface area contributed by atoms with Gasteiger partial charge in [0.05, 0.1) is 17.3 Å². The molecule has 0 aliphatic rings. The van der Waals surface area contributed by atoms with Crippen LogP contribution in [0.5, 0.6) is 0 Å². The largest absolute Gasteiger partial charge is 0.363 e. The molecule has 0 aliphatic heterocycles. The zero-order chi connectivity index (χ0) is 15.4. The van der Waals surface area contributed by atoms with E-state index in [0.29, 0.717) is 17.9 Å². The predicted molar refractivity (Wildman–Crippen MR) is 80.3 cm³/mol. The molecule has 21 heavy (non-hydrogen) atoms. The maximum Gasteiger partial charge on any atom is 0.252 e. The molecule has 2 N–H and O–H groups in total. The summed E-state index contributed by atoms with van der Waals surface area (Å²) in [5, 5.41) is 9.97. The van der Waals surface area contributed by atoms with Gasteiger partial charge in [-0.15, -0.1) is 0 Å². The molecule has 0 radical (unpaired) electrons. The van der Waals surface area contributed by atoms with E-state index in [1.165, 1.54) is 0 Å². The van der Waals surface area contributed by atoms with Crippen LogP contribution in [0.15, 0.2) is 22.9 Å². The molecule has 2 rings (SSSR count). The van der Waals surface area contributed by atoms with Crippen LogP contribution in [-0.4, -0.2) is 22.6 Å². The Balaban J connectivity index is 2.08. The summed E-state index contributed by atoms with van der Waals surface area (Å²) >= 11 is 0. The van der Waals surface area contributed by atoms with Crippen molar-refractivity contribution < 1.29 is 9.32 Å². The van der Waals surface area contributed by atoms with Gasteiger partial charge in [-0.05, 0) is 39.8 Å². The van der Waals surface area contributed by atoms with Gasteiger partial charge in [-0.1, -0.05) is 5.16 Å². The first-order valence-electron chi connectivity index (χ1n) is 6.96. The highest BCUT2D eigenvalue weighted by molar-refractivity contribution is 5.93. The fourth-order valence-corrected chi connectivity index (χ4v) is 2.28. The van der Waals surface area contributed by atoms with Crippen LogP contribution in [-0.2, 0) is 0 Å². The van der Waals surface area contributed by atoms with Crippen molar-refractivity contribution in [2.75, 3.05) is 11.9 Å². The van der Waals surface area contributed by atoms with Crippen molar-refractivity contribution in [2.24, 2.45) is 0 Å². The van der Waals surface area contributed by atoms with E-state index in [2.05, 4.69) is 20.8 Å². The Morgan fingerprint density at radius 1 is 1.38 bits per heavy atom. The van der Waals surface area contributed by atoms with E-state index in [1.54, 1.807) is 18.3 Å². The van der Waals surface area contributed by atoms with Crippen LogP contribution in [0.1, 0.15) is 47.3 Å². The molecule has 1 atom stereocenters. The molecule has 2 aromatic rings. The molecule has 2 heterocycles. The molecule has 1 unspecified atom stereocenters. The molecule has 6 heteroatoms. The highest BCUT2D eigenvalue weighted by atomic mass is 16.5. The van der Waals surface area contributed by atoms with Crippen molar-refractivity contribution in [1.82, 2.24) is 15.5 Å². The van der Waals surface area contributed by atoms with E-state index in [1.807, 2.05) is 27.7 Å². The van der Waals surface area contributed by atoms with Crippen molar-refractivity contribution in [3.8, 4) is 0 Å². The Morgan fingerprint density at radius 2 is 2.14 bits per heavy atom. The van der Waals surface area contributed by atoms with Gasteiger partial charge in [-0.2, -0.15) is 0 Å². The average Bonchev–Trinajstić information content (AvgIpc) is 2.79. The van der Waals surface area contributed by atoms with Crippen molar-refractivity contribution in [2.45, 2.75) is 33.7 Å². The number of nitrogens with one attached hydrogen (secondary N) is 2. The van der Waals surface area contributed by atoms with Crippen LogP contribution in [0, 0.1) is 13.8 Å². The van der Waals surface area contributed by atoms with Crippen LogP contribution in [0.2, 0.25) is 0 Å². The normalized spacial score (nSPS) is 12.0. The molecule has 2 aromatic heterocycles. The van der Waals surface area contributed by atoms with Gasteiger partial charge in [0.15, 0.2) is 0 Å². The van der Waals surface area contributed by atoms with Crippen molar-refractivity contribution in [3.05, 3.63) is 40.9 Å². The number of hydrogen-bond donors (Lipinski definition) is 2. The minimum Gasteiger partial charge on any atom is -0.363 e. The Morgan fingerprint density at radius 3 is 2.67 bits per heavy atom. The Hall–Kier alpha value is -2.37. The van der Waals surface area contributed by atoms with E-state index in [4.69, 9.17) is 4.52 Å². The number of anilines is 1. The fourth-order valence-electron chi connectivity index (χ4n) is 2.28. The first-order chi connectivity index (χ1) is 10.0. The summed E-state index contributed by atoms with van der Waals surface area (Å²) in [6.45, 7) is 8.30. The minimum atomic E-state index is -0.115. The number of carbonyl (C=O) groups is 1. The number of aromatic nitrogens is 2. The number of carbonyl (C=O) groups excluding carboxylic acids is 1. The lowest BCUT2D eigenvalue weighted by Crippen LogP contribution is -2.22. The molecule has 0 fully saturated rings. The molecule has 0 saturated carbocycles. The third-order valence-electron chi connectivity index (χ3n) is 3.25. The third-order valence-corrected chi connectivity index (χ3v) is 3.25. The quantitative estimate of drug-likeness (QED) is 0.884. The van der Waals surface area contributed by atoms with Crippen molar-refractivity contribution in [3.63, 3.8) is 0 Å². The molecular formula is C15H20N4O2. The second kappa shape index (κ2) is 6.39. The lowest BCUT2D eigenvalue weighted by molar-refractivity contribution is 0.0955. The highest BCUT2D eigenvalue weighted by Gasteiger charge is 2.16.